The molecule has 3 rings (SSSR count). The van der Waals surface area contributed by atoms with Gasteiger partial charge in [0, 0.05) is 0 Å². The molecule has 0 bridgehead atoms. The van der Waals surface area contributed by atoms with E-state index in [-0.39, 0.29) is 16.8 Å². The zero-order chi connectivity index (χ0) is 16.7. The minimum atomic E-state index is -0.0508. The Morgan fingerprint density at radius 2 is 2.04 bits per heavy atom. The van der Waals surface area contributed by atoms with E-state index in [9.17, 15) is 4.79 Å². The zero-order valence-electron chi connectivity index (χ0n) is 15.1. The number of rotatable bonds is 2. The lowest BCUT2D eigenvalue weighted by Crippen LogP contribution is -2.47. The predicted octanol–water partition coefficient (Wildman–Crippen LogP) is 4.96. The van der Waals surface area contributed by atoms with Crippen molar-refractivity contribution >= 4 is 5.97 Å². The van der Waals surface area contributed by atoms with Crippen molar-refractivity contribution in [1.82, 2.24) is 0 Å². The third-order valence-electron chi connectivity index (χ3n) is 6.65. The summed E-state index contributed by atoms with van der Waals surface area (Å²) >= 11 is 0. The van der Waals surface area contributed by atoms with Gasteiger partial charge in [-0.05, 0) is 66.9 Å². The van der Waals surface area contributed by atoms with Gasteiger partial charge in [-0.3, -0.25) is 4.79 Å². The lowest BCUT2D eigenvalue weighted by Gasteiger charge is -2.52. The highest BCUT2D eigenvalue weighted by Crippen LogP contribution is 2.57. The van der Waals surface area contributed by atoms with Crippen LogP contribution in [0.4, 0.5) is 0 Å². The van der Waals surface area contributed by atoms with E-state index in [1.54, 1.807) is 5.56 Å². The van der Waals surface area contributed by atoms with Crippen LogP contribution in [0.2, 0.25) is 0 Å². The van der Waals surface area contributed by atoms with Gasteiger partial charge in [0.2, 0.25) is 0 Å². The molecular formula is C21H30O2. The maximum absolute atomic E-state index is 12.0. The maximum atomic E-state index is 12.0. The Balaban J connectivity index is 2.04. The number of methoxy groups -OCH3 is 1. The number of ether oxygens (including phenoxy) is 1. The molecule has 23 heavy (non-hydrogen) atoms. The summed E-state index contributed by atoms with van der Waals surface area (Å²) in [6, 6.07) is 7.01. The Morgan fingerprint density at radius 1 is 1.26 bits per heavy atom. The highest BCUT2D eigenvalue weighted by molar-refractivity contribution is 5.70. The van der Waals surface area contributed by atoms with Gasteiger partial charge in [0.1, 0.15) is 0 Å². The molecule has 0 heterocycles. The highest BCUT2D eigenvalue weighted by Gasteiger charge is 2.51. The predicted molar refractivity (Wildman–Crippen MR) is 93.6 cm³/mol. The van der Waals surface area contributed by atoms with E-state index in [1.807, 2.05) is 0 Å². The van der Waals surface area contributed by atoms with Crippen molar-refractivity contribution in [1.29, 1.82) is 0 Å². The Morgan fingerprint density at radius 3 is 2.78 bits per heavy atom. The van der Waals surface area contributed by atoms with Crippen LogP contribution in [-0.2, 0) is 21.4 Å². The number of benzene rings is 1. The van der Waals surface area contributed by atoms with Gasteiger partial charge >= 0.3 is 5.97 Å². The molecule has 0 aromatic heterocycles. The first-order valence-electron chi connectivity index (χ1n) is 9.06. The van der Waals surface area contributed by atoms with E-state index in [4.69, 9.17) is 4.74 Å². The molecule has 1 aromatic rings. The molecule has 1 fully saturated rings. The first-order chi connectivity index (χ1) is 10.9. The smallest absolute Gasteiger partial charge is 0.306 e. The number of carbonyl (C=O) groups excluding carboxylic acids is 1. The molecule has 0 spiro atoms. The summed E-state index contributed by atoms with van der Waals surface area (Å²) in [4.78, 5) is 12.0. The molecule has 0 radical (unpaired) electrons. The van der Waals surface area contributed by atoms with Crippen LogP contribution in [0, 0.1) is 18.3 Å². The van der Waals surface area contributed by atoms with Crippen LogP contribution in [0.1, 0.15) is 69.1 Å². The van der Waals surface area contributed by atoms with Crippen LogP contribution in [0.25, 0.3) is 0 Å². The Kier molecular flexibility index (Phi) is 4.29. The van der Waals surface area contributed by atoms with Crippen LogP contribution in [-0.4, -0.2) is 13.1 Å². The molecular weight excluding hydrogens is 284 g/mol. The molecule has 0 N–H and O–H groups in total. The molecule has 0 amide bonds. The van der Waals surface area contributed by atoms with Crippen LogP contribution >= 0.6 is 0 Å². The highest BCUT2D eigenvalue weighted by atomic mass is 16.5. The summed E-state index contributed by atoms with van der Waals surface area (Å²) in [6.45, 7) is 6.96. The average molecular weight is 314 g/mol. The van der Waals surface area contributed by atoms with Gasteiger partial charge in [0.25, 0.3) is 0 Å². The summed E-state index contributed by atoms with van der Waals surface area (Å²) in [5.41, 5.74) is 4.70. The van der Waals surface area contributed by atoms with Crippen LogP contribution in [0.3, 0.4) is 0 Å². The second kappa shape index (κ2) is 5.96. The van der Waals surface area contributed by atoms with Crippen molar-refractivity contribution in [2.45, 2.75) is 71.1 Å². The first kappa shape index (κ1) is 16.5. The van der Waals surface area contributed by atoms with E-state index < -0.39 is 0 Å². The third kappa shape index (κ3) is 2.81. The molecule has 3 atom stereocenters. The van der Waals surface area contributed by atoms with Gasteiger partial charge in [-0.25, -0.2) is 0 Å². The lowest BCUT2D eigenvalue weighted by atomic mass is 9.52. The van der Waals surface area contributed by atoms with Gasteiger partial charge in [0.05, 0.1) is 13.5 Å². The minimum absolute atomic E-state index is 0.0508. The number of fused-ring (bicyclic) bond motifs is 3. The number of aryl methyl sites for hydroxylation is 2. The summed E-state index contributed by atoms with van der Waals surface area (Å²) in [7, 11) is 1.51. The molecule has 1 aromatic carbocycles. The largest absolute Gasteiger partial charge is 0.469 e. The lowest BCUT2D eigenvalue weighted by molar-refractivity contribution is -0.145. The monoisotopic (exact) mass is 314 g/mol. The van der Waals surface area contributed by atoms with Gasteiger partial charge in [0.15, 0.2) is 0 Å². The van der Waals surface area contributed by atoms with E-state index in [1.165, 1.54) is 50.3 Å². The SMILES string of the molecule is COC(=O)C[C@]1(C)CCC[C@]2(C)c3ccc(C)cc3CCCC12. The van der Waals surface area contributed by atoms with E-state index in [2.05, 4.69) is 39.0 Å². The third-order valence-corrected chi connectivity index (χ3v) is 6.65. The summed E-state index contributed by atoms with van der Waals surface area (Å²) in [5.74, 6) is 0.511. The summed E-state index contributed by atoms with van der Waals surface area (Å²) < 4.78 is 5.01. The second-order valence-corrected chi connectivity index (χ2v) is 8.28. The maximum Gasteiger partial charge on any atom is 0.306 e. The molecule has 2 heteroatoms. The standard InChI is InChI=1S/C21H30O2/c1-15-9-10-17-16(13-15)7-5-8-18-20(2,14-19(22)23-4)11-6-12-21(17,18)3/h9-10,13,18H,5-8,11-12,14H2,1-4H3/t18?,20-,21+/m0/s1. The quantitative estimate of drug-likeness (QED) is 0.721. The van der Waals surface area contributed by atoms with Gasteiger partial charge in [-0.15, -0.1) is 0 Å². The Hall–Kier alpha value is -1.31. The molecule has 0 saturated heterocycles. The molecule has 2 aliphatic rings. The van der Waals surface area contributed by atoms with E-state index in [0.29, 0.717) is 12.3 Å². The second-order valence-electron chi connectivity index (χ2n) is 8.28. The fraction of sp³-hybridized carbons (Fsp3) is 0.667. The van der Waals surface area contributed by atoms with Gasteiger partial charge in [-0.2, -0.15) is 0 Å². The minimum Gasteiger partial charge on any atom is -0.469 e. The molecule has 1 unspecified atom stereocenters. The van der Waals surface area contributed by atoms with E-state index >= 15 is 0 Å². The molecule has 126 valence electrons. The van der Waals surface area contributed by atoms with Gasteiger partial charge in [-0.1, -0.05) is 44.0 Å². The molecule has 1 saturated carbocycles. The average Bonchev–Trinajstić information content (AvgIpc) is 2.64. The van der Waals surface area contributed by atoms with Crippen LogP contribution in [0.5, 0.6) is 0 Å². The molecule has 2 nitrogen and oxygen atoms in total. The van der Waals surface area contributed by atoms with Crippen molar-refractivity contribution in [2.75, 3.05) is 7.11 Å². The summed E-state index contributed by atoms with van der Waals surface area (Å²) in [5, 5.41) is 0. The summed E-state index contributed by atoms with van der Waals surface area (Å²) in [6.07, 6.45) is 7.77. The van der Waals surface area contributed by atoms with Gasteiger partial charge < -0.3 is 4.74 Å². The number of carbonyl (C=O) groups is 1. The molecule has 2 aliphatic carbocycles. The van der Waals surface area contributed by atoms with Crippen molar-refractivity contribution in [3.05, 3.63) is 34.9 Å². The Bertz CT molecular complexity index is 606. The topological polar surface area (TPSA) is 26.3 Å². The van der Waals surface area contributed by atoms with Crippen LogP contribution in [0.15, 0.2) is 18.2 Å². The molecule has 0 aliphatic heterocycles. The Labute approximate surface area is 140 Å². The van der Waals surface area contributed by atoms with Crippen molar-refractivity contribution in [3.8, 4) is 0 Å². The fourth-order valence-electron chi connectivity index (χ4n) is 5.56. The van der Waals surface area contributed by atoms with E-state index in [0.717, 1.165) is 6.42 Å². The van der Waals surface area contributed by atoms with Crippen LogP contribution < -0.4 is 0 Å². The number of hydrogen-bond donors (Lipinski definition) is 0. The van der Waals surface area contributed by atoms with Crippen molar-refractivity contribution in [3.63, 3.8) is 0 Å². The number of esters is 1. The first-order valence-corrected chi connectivity index (χ1v) is 9.06. The number of hydrogen-bond acceptors (Lipinski definition) is 2. The van der Waals surface area contributed by atoms with Crippen molar-refractivity contribution < 1.29 is 9.53 Å². The zero-order valence-corrected chi connectivity index (χ0v) is 15.1. The normalized spacial score (nSPS) is 33.3. The fourth-order valence-corrected chi connectivity index (χ4v) is 5.56. The van der Waals surface area contributed by atoms with Crippen molar-refractivity contribution in [2.24, 2.45) is 11.3 Å².